The lowest BCUT2D eigenvalue weighted by atomic mass is 10.1. The van der Waals surface area contributed by atoms with Crippen molar-refractivity contribution >= 4 is 17.4 Å². The topological polar surface area (TPSA) is 54.5 Å². The number of aromatic nitrogens is 1. The molecule has 2 aromatic carbocycles. The van der Waals surface area contributed by atoms with Crippen LogP contribution < -0.4 is 15.0 Å². The van der Waals surface area contributed by atoms with Crippen molar-refractivity contribution in [1.29, 1.82) is 0 Å². The molecule has 0 radical (unpaired) electrons. The lowest BCUT2D eigenvalue weighted by molar-refractivity contribution is 0.256. The highest BCUT2D eigenvalue weighted by atomic mass is 19.1. The summed E-state index contributed by atoms with van der Waals surface area (Å²) in [6.07, 6.45) is 3.28. The number of pyridine rings is 1. The maximum Gasteiger partial charge on any atom is 0.326 e. The van der Waals surface area contributed by atoms with Gasteiger partial charge in [0, 0.05) is 12.3 Å². The zero-order chi connectivity index (χ0) is 19.7. The first-order valence-electron chi connectivity index (χ1n) is 8.70. The molecule has 1 aliphatic rings. The standard InChI is InChI=1S/C21H17F2N3O2/c1-13-5-6-15(28-12-16-17(22)3-2-4-18(16)23)9-20(13)26-11-14-7-8-24-10-19(14)25-21(26)27/h2-10H,11-12H2,1H3,(H,25,27). The van der Waals surface area contributed by atoms with E-state index in [2.05, 4.69) is 10.3 Å². The Kier molecular flexibility index (Phi) is 4.65. The molecule has 1 aliphatic heterocycles. The van der Waals surface area contributed by atoms with Crippen LogP contribution >= 0.6 is 0 Å². The number of benzene rings is 2. The smallest absolute Gasteiger partial charge is 0.326 e. The molecule has 0 atom stereocenters. The zero-order valence-corrected chi connectivity index (χ0v) is 15.1. The number of halogens is 2. The first kappa shape index (κ1) is 17.9. The van der Waals surface area contributed by atoms with Gasteiger partial charge in [-0.2, -0.15) is 0 Å². The van der Waals surface area contributed by atoms with Gasteiger partial charge in [0.1, 0.15) is 24.0 Å². The van der Waals surface area contributed by atoms with E-state index in [-0.39, 0.29) is 18.2 Å². The second kappa shape index (κ2) is 7.26. The molecular formula is C21H17F2N3O2. The van der Waals surface area contributed by atoms with Crippen LogP contribution in [0.5, 0.6) is 5.75 Å². The fourth-order valence-electron chi connectivity index (χ4n) is 3.09. The van der Waals surface area contributed by atoms with E-state index in [1.165, 1.54) is 18.2 Å². The van der Waals surface area contributed by atoms with E-state index in [4.69, 9.17) is 4.74 Å². The average Bonchev–Trinajstić information content (AvgIpc) is 2.68. The van der Waals surface area contributed by atoms with E-state index < -0.39 is 11.6 Å². The number of nitrogens with zero attached hydrogens (tertiary/aromatic N) is 2. The second-order valence-electron chi connectivity index (χ2n) is 6.49. The third-order valence-electron chi connectivity index (χ3n) is 4.64. The van der Waals surface area contributed by atoms with Crippen LogP contribution in [-0.4, -0.2) is 11.0 Å². The fourth-order valence-corrected chi connectivity index (χ4v) is 3.09. The molecule has 3 aromatic rings. The molecule has 5 nitrogen and oxygen atoms in total. The summed E-state index contributed by atoms with van der Waals surface area (Å²) < 4.78 is 33.2. The molecule has 2 amide bonds. The van der Waals surface area contributed by atoms with Crippen molar-refractivity contribution < 1.29 is 18.3 Å². The number of nitrogens with one attached hydrogen (secondary N) is 1. The minimum atomic E-state index is -0.659. The lowest BCUT2D eigenvalue weighted by Gasteiger charge is -2.30. The van der Waals surface area contributed by atoms with E-state index in [9.17, 15) is 13.6 Å². The molecule has 1 aromatic heterocycles. The fraction of sp³-hybridized carbons (Fsp3) is 0.143. The average molecular weight is 381 g/mol. The summed E-state index contributed by atoms with van der Waals surface area (Å²) in [5, 5.41) is 2.81. The molecule has 2 heterocycles. The van der Waals surface area contributed by atoms with E-state index in [0.29, 0.717) is 23.7 Å². The number of carbonyl (C=O) groups is 1. The monoisotopic (exact) mass is 381 g/mol. The predicted octanol–water partition coefficient (Wildman–Crippen LogP) is 4.80. The van der Waals surface area contributed by atoms with Gasteiger partial charge in [0.25, 0.3) is 0 Å². The van der Waals surface area contributed by atoms with Crippen LogP contribution in [0.15, 0.2) is 54.9 Å². The Morgan fingerprint density at radius 2 is 1.96 bits per heavy atom. The van der Waals surface area contributed by atoms with E-state index in [1.54, 1.807) is 35.5 Å². The highest BCUT2D eigenvalue weighted by Crippen LogP contribution is 2.32. The largest absolute Gasteiger partial charge is 0.489 e. The summed E-state index contributed by atoms with van der Waals surface area (Å²) in [7, 11) is 0. The Balaban J connectivity index is 1.59. The molecular weight excluding hydrogens is 364 g/mol. The van der Waals surface area contributed by atoms with Gasteiger partial charge in [-0.3, -0.25) is 9.88 Å². The van der Waals surface area contributed by atoms with Crippen LogP contribution in [0.2, 0.25) is 0 Å². The molecule has 4 rings (SSSR count). The van der Waals surface area contributed by atoms with Crippen molar-refractivity contribution in [1.82, 2.24) is 4.98 Å². The Morgan fingerprint density at radius 1 is 1.18 bits per heavy atom. The van der Waals surface area contributed by atoms with Crippen LogP contribution in [0.3, 0.4) is 0 Å². The van der Waals surface area contributed by atoms with Crippen LogP contribution in [0.4, 0.5) is 25.0 Å². The van der Waals surface area contributed by atoms with Gasteiger partial charge in [0.05, 0.1) is 29.7 Å². The minimum absolute atomic E-state index is 0.137. The minimum Gasteiger partial charge on any atom is -0.489 e. The summed E-state index contributed by atoms with van der Waals surface area (Å²) in [5.41, 5.74) is 3.02. The second-order valence-corrected chi connectivity index (χ2v) is 6.49. The molecule has 0 aliphatic carbocycles. The van der Waals surface area contributed by atoms with Gasteiger partial charge in [-0.25, -0.2) is 13.6 Å². The van der Waals surface area contributed by atoms with Crippen molar-refractivity contribution in [3.63, 3.8) is 0 Å². The number of hydrogen-bond acceptors (Lipinski definition) is 3. The third kappa shape index (κ3) is 3.38. The van der Waals surface area contributed by atoms with E-state index in [1.807, 2.05) is 13.0 Å². The highest BCUT2D eigenvalue weighted by Gasteiger charge is 2.25. The lowest BCUT2D eigenvalue weighted by Crippen LogP contribution is -2.39. The van der Waals surface area contributed by atoms with Gasteiger partial charge in [-0.15, -0.1) is 0 Å². The Hall–Kier alpha value is -3.48. The third-order valence-corrected chi connectivity index (χ3v) is 4.64. The molecule has 0 saturated carbocycles. The van der Waals surface area contributed by atoms with Gasteiger partial charge in [-0.1, -0.05) is 12.1 Å². The Labute approximate surface area is 160 Å². The number of fused-ring (bicyclic) bond motifs is 1. The first-order chi connectivity index (χ1) is 13.5. The Bertz CT molecular complexity index is 1040. The molecule has 28 heavy (non-hydrogen) atoms. The number of anilines is 2. The molecule has 0 bridgehead atoms. The van der Waals surface area contributed by atoms with Gasteiger partial charge in [0.15, 0.2) is 0 Å². The summed E-state index contributed by atoms with van der Waals surface area (Å²) in [6, 6.07) is 10.5. The van der Waals surface area contributed by atoms with Crippen LogP contribution in [0.1, 0.15) is 16.7 Å². The van der Waals surface area contributed by atoms with Gasteiger partial charge < -0.3 is 10.1 Å². The number of urea groups is 1. The number of ether oxygens (including phenoxy) is 1. The zero-order valence-electron chi connectivity index (χ0n) is 15.1. The van der Waals surface area contributed by atoms with Crippen LogP contribution in [-0.2, 0) is 13.2 Å². The number of carbonyl (C=O) groups excluding carboxylic acids is 1. The molecule has 0 spiro atoms. The number of rotatable bonds is 4. The van der Waals surface area contributed by atoms with Gasteiger partial charge in [0.2, 0.25) is 0 Å². The maximum atomic E-state index is 13.8. The predicted molar refractivity (Wildman–Crippen MR) is 101 cm³/mol. The number of aryl methyl sites for hydroxylation is 1. The van der Waals surface area contributed by atoms with Crippen molar-refractivity contribution in [2.24, 2.45) is 0 Å². The number of amides is 2. The normalized spacial score (nSPS) is 13.1. The summed E-state index contributed by atoms with van der Waals surface area (Å²) in [5.74, 6) is -0.905. The molecule has 7 heteroatoms. The van der Waals surface area contributed by atoms with Crippen molar-refractivity contribution in [2.45, 2.75) is 20.1 Å². The number of hydrogen-bond donors (Lipinski definition) is 1. The molecule has 142 valence electrons. The van der Waals surface area contributed by atoms with Crippen LogP contribution in [0.25, 0.3) is 0 Å². The SMILES string of the molecule is Cc1ccc(OCc2c(F)cccc2F)cc1N1Cc2ccncc2NC1=O. The first-order valence-corrected chi connectivity index (χ1v) is 8.70. The van der Waals surface area contributed by atoms with Crippen molar-refractivity contribution in [3.05, 3.63) is 83.2 Å². The van der Waals surface area contributed by atoms with E-state index >= 15 is 0 Å². The van der Waals surface area contributed by atoms with Crippen LogP contribution in [0, 0.1) is 18.6 Å². The molecule has 0 saturated heterocycles. The summed E-state index contributed by atoms with van der Waals surface area (Å²) in [4.78, 5) is 18.1. The maximum absolute atomic E-state index is 13.8. The highest BCUT2D eigenvalue weighted by molar-refractivity contribution is 6.04. The van der Waals surface area contributed by atoms with E-state index in [0.717, 1.165) is 11.1 Å². The molecule has 0 unspecified atom stereocenters. The molecule has 0 fully saturated rings. The molecule has 1 N–H and O–H groups in total. The van der Waals surface area contributed by atoms with Gasteiger partial charge >= 0.3 is 6.03 Å². The van der Waals surface area contributed by atoms with Crippen molar-refractivity contribution in [3.8, 4) is 5.75 Å². The van der Waals surface area contributed by atoms with Gasteiger partial charge in [-0.05, 0) is 42.3 Å². The quantitative estimate of drug-likeness (QED) is 0.706. The van der Waals surface area contributed by atoms with Crippen molar-refractivity contribution in [2.75, 3.05) is 10.2 Å². The Morgan fingerprint density at radius 3 is 2.75 bits per heavy atom. The summed E-state index contributed by atoms with van der Waals surface area (Å²) >= 11 is 0. The summed E-state index contributed by atoms with van der Waals surface area (Å²) in [6.45, 7) is 2.02.